The summed E-state index contributed by atoms with van der Waals surface area (Å²) in [5, 5.41) is 42.9. The first kappa shape index (κ1) is 20.5. The highest BCUT2D eigenvalue weighted by Crippen LogP contribution is 2.53. The second-order valence-electron chi connectivity index (χ2n) is 9.36. The molecular formula is C30H22N2O4. The Bertz CT molecular complexity index is 1680. The van der Waals surface area contributed by atoms with E-state index in [0.29, 0.717) is 0 Å². The van der Waals surface area contributed by atoms with Crippen LogP contribution in [0.3, 0.4) is 0 Å². The minimum atomic E-state index is -0.244. The predicted octanol–water partition coefficient (Wildman–Crippen LogP) is 6.15. The van der Waals surface area contributed by atoms with Crippen LogP contribution in [-0.2, 0) is 0 Å². The molecule has 0 radical (unpaired) electrons. The largest absolute Gasteiger partial charge is 0.504 e. The van der Waals surface area contributed by atoms with E-state index in [1.165, 1.54) is 12.1 Å². The van der Waals surface area contributed by atoms with Gasteiger partial charge in [-0.1, -0.05) is 48.5 Å². The molecule has 1 aliphatic rings. The number of rotatable bonds is 2. The molecule has 2 atom stereocenters. The number of hydrogen-bond acceptors (Lipinski definition) is 4. The third-order valence-corrected chi connectivity index (χ3v) is 7.37. The van der Waals surface area contributed by atoms with Crippen molar-refractivity contribution in [3.63, 3.8) is 0 Å². The van der Waals surface area contributed by atoms with Crippen LogP contribution >= 0.6 is 0 Å². The zero-order valence-electron chi connectivity index (χ0n) is 19.0. The fraction of sp³-hybridized carbons (Fsp3) is 0.0667. The van der Waals surface area contributed by atoms with Crippen molar-refractivity contribution in [2.45, 2.75) is 11.8 Å². The summed E-state index contributed by atoms with van der Waals surface area (Å²) in [6.45, 7) is 0. The first-order chi connectivity index (χ1) is 17.5. The van der Waals surface area contributed by atoms with Crippen molar-refractivity contribution in [1.82, 2.24) is 9.97 Å². The van der Waals surface area contributed by atoms with Gasteiger partial charge in [0.15, 0.2) is 23.0 Å². The summed E-state index contributed by atoms with van der Waals surface area (Å²) in [6, 6.07) is 26.2. The molecule has 0 amide bonds. The lowest BCUT2D eigenvalue weighted by Crippen LogP contribution is -2.19. The van der Waals surface area contributed by atoms with E-state index < -0.39 is 0 Å². The average Bonchev–Trinajstić information content (AvgIpc) is 3.45. The van der Waals surface area contributed by atoms with Gasteiger partial charge in [-0.25, -0.2) is 0 Å². The summed E-state index contributed by atoms with van der Waals surface area (Å²) < 4.78 is 0. The highest BCUT2D eigenvalue weighted by atomic mass is 16.3. The van der Waals surface area contributed by atoms with Crippen molar-refractivity contribution < 1.29 is 20.4 Å². The number of aromatic hydroxyl groups is 4. The lowest BCUT2D eigenvalue weighted by Gasteiger charge is -2.31. The predicted molar refractivity (Wildman–Crippen MR) is 138 cm³/mol. The topological polar surface area (TPSA) is 113 Å². The Morgan fingerprint density at radius 2 is 0.889 bits per heavy atom. The van der Waals surface area contributed by atoms with Crippen LogP contribution in [0.1, 0.15) is 45.5 Å². The van der Waals surface area contributed by atoms with Crippen molar-refractivity contribution in [3.05, 3.63) is 119 Å². The maximum atomic E-state index is 10.4. The second kappa shape index (κ2) is 7.33. The van der Waals surface area contributed by atoms with Gasteiger partial charge in [0, 0.05) is 33.2 Å². The highest BCUT2D eigenvalue weighted by Gasteiger charge is 2.39. The molecular weight excluding hydrogens is 452 g/mol. The molecule has 6 aromatic rings. The van der Waals surface area contributed by atoms with Gasteiger partial charge in [0.05, 0.1) is 11.8 Å². The summed E-state index contributed by atoms with van der Waals surface area (Å²) >= 11 is 0. The standard InChI is InChI=1S/C30H22N2O4/c33-21-11-9-15(13-23(21)35)25-27-17-5-1-3-7-19(17)31-29(27)26(16-10-12-22(34)24(36)14-16)28-18-6-2-4-8-20(18)32-30(25)28/h1-14,25-26,31-36H. The monoisotopic (exact) mass is 474 g/mol. The molecule has 2 heterocycles. The van der Waals surface area contributed by atoms with E-state index in [1.54, 1.807) is 12.1 Å². The number of phenolic OH excluding ortho intramolecular Hbond substituents is 4. The van der Waals surface area contributed by atoms with Gasteiger partial charge in [-0.2, -0.15) is 0 Å². The van der Waals surface area contributed by atoms with E-state index in [-0.39, 0.29) is 34.8 Å². The molecule has 0 bridgehead atoms. The Balaban J connectivity index is 1.62. The molecule has 2 unspecified atom stereocenters. The van der Waals surface area contributed by atoms with Gasteiger partial charge < -0.3 is 30.4 Å². The van der Waals surface area contributed by atoms with E-state index in [2.05, 4.69) is 22.1 Å². The lowest BCUT2D eigenvalue weighted by molar-refractivity contribution is 0.403. The normalized spacial score (nSPS) is 16.8. The van der Waals surface area contributed by atoms with E-state index in [1.807, 2.05) is 48.5 Å². The van der Waals surface area contributed by atoms with Crippen molar-refractivity contribution in [2.75, 3.05) is 0 Å². The molecule has 0 spiro atoms. The molecule has 0 aliphatic heterocycles. The van der Waals surface area contributed by atoms with Gasteiger partial charge in [-0.15, -0.1) is 0 Å². The first-order valence-electron chi connectivity index (χ1n) is 11.8. The fourth-order valence-corrected chi connectivity index (χ4v) is 5.84. The number of H-pyrrole nitrogens is 2. The Labute approximate surface area is 205 Å². The number of hydrogen-bond donors (Lipinski definition) is 6. The van der Waals surface area contributed by atoms with Crippen LogP contribution in [0.15, 0.2) is 84.9 Å². The van der Waals surface area contributed by atoms with Crippen molar-refractivity contribution in [2.24, 2.45) is 0 Å². The highest BCUT2D eigenvalue weighted by molar-refractivity contribution is 5.93. The van der Waals surface area contributed by atoms with Crippen molar-refractivity contribution in [3.8, 4) is 23.0 Å². The number of nitrogens with one attached hydrogen (secondary N) is 2. The number of aromatic nitrogens is 2. The van der Waals surface area contributed by atoms with Gasteiger partial charge in [-0.05, 0) is 58.7 Å². The second-order valence-corrected chi connectivity index (χ2v) is 9.36. The maximum Gasteiger partial charge on any atom is 0.157 e. The molecule has 176 valence electrons. The number of benzene rings is 4. The molecule has 0 saturated heterocycles. The third-order valence-electron chi connectivity index (χ3n) is 7.37. The van der Waals surface area contributed by atoms with Crippen LogP contribution in [0.2, 0.25) is 0 Å². The minimum absolute atomic E-state index is 0.164. The average molecular weight is 475 g/mol. The Hall–Kier alpha value is -4.84. The van der Waals surface area contributed by atoms with Gasteiger partial charge in [-0.3, -0.25) is 0 Å². The third kappa shape index (κ3) is 2.78. The molecule has 1 aliphatic carbocycles. The summed E-state index contributed by atoms with van der Waals surface area (Å²) in [6.07, 6.45) is 0. The van der Waals surface area contributed by atoms with Gasteiger partial charge >= 0.3 is 0 Å². The van der Waals surface area contributed by atoms with E-state index >= 15 is 0 Å². The number of aromatic amines is 2. The molecule has 7 rings (SSSR count). The van der Waals surface area contributed by atoms with Crippen LogP contribution < -0.4 is 0 Å². The summed E-state index contributed by atoms with van der Waals surface area (Å²) in [4.78, 5) is 7.30. The zero-order valence-corrected chi connectivity index (χ0v) is 19.0. The van der Waals surface area contributed by atoms with Gasteiger partial charge in [0.25, 0.3) is 0 Å². The summed E-state index contributed by atoms with van der Waals surface area (Å²) in [5.41, 5.74) is 7.75. The molecule has 2 aromatic heterocycles. The lowest BCUT2D eigenvalue weighted by atomic mass is 9.72. The molecule has 36 heavy (non-hydrogen) atoms. The molecule has 6 N–H and O–H groups in total. The van der Waals surface area contributed by atoms with Crippen LogP contribution in [0.4, 0.5) is 0 Å². The maximum absolute atomic E-state index is 10.4. The number of para-hydroxylation sites is 2. The Kier molecular flexibility index (Phi) is 4.18. The molecule has 4 aromatic carbocycles. The minimum Gasteiger partial charge on any atom is -0.504 e. The van der Waals surface area contributed by atoms with Gasteiger partial charge in [0.1, 0.15) is 0 Å². The van der Waals surface area contributed by atoms with E-state index in [0.717, 1.165) is 55.4 Å². The summed E-state index contributed by atoms with van der Waals surface area (Å²) in [5.74, 6) is -1.15. The number of phenols is 4. The van der Waals surface area contributed by atoms with Crippen molar-refractivity contribution in [1.29, 1.82) is 0 Å². The SMILES string of the molecule is Oc1ccc(C2c3[nH]c4ccccc4c3C(c3ccc(O)c(O)c3)c3[nH]c4ccccc4c32)cc1O. The molecule has 6 nitrogen and oxygen atoms in total. The fourth-order valence-electron chi connectivity index (χ4n) is 5.84. The molecule has 0 saturated carbocycles. The quantitative estimate of drug-likeness (QED) is 0.169. The van der Waals surface area contributed by atoms with Gasteiger partial charge in [0.2, 0.25) is 0 Å². The van der Waals surface area contributed by atoms with E-state index in [9.17, 15) is 20.4 Å². The summed E-state index contributed by atoms with van der Waals surface area (Å²) in [7, 11) is 0. The van der Waals surface area contributed by atoms with Crippen LogP contribution in [0.25, 0.3) is 21.8 Å². The molecule has 0 fully saturated rings. The molecule has 6 heteroatoms. The van der Waals surface area contributed by atoms with Crippen LogP contribution in [0, 0.1) is 0 Å². The van der Waals surface area contributed by atoms with Crippen molar-refractivity contribution >= 4 is 21.8 Å². The Morgan fingerprint density at radius 1 is 0.472 bits per heavy atom. The smallest absolute Gasteiger partial charge is 0.157 e. The Morgan fingerprint density at radius 3 is 1.31 bits per heavy atom. The zero-order chi connectivity index (χ0) is 24.6. The van der Waals surface area contributed by atoms with E-state index in [4.69, 9.17) is 0 Å². The van der Waals surface area contributed by atoms with Crippen LogP contribution in [0.5, 0.6) is 23.0 Å². The first-order valence-corrected chi connectivity index (χ1v) is 11.8. The number of fused-ring (bicyclic) bond motifs is 6. The van der Waals surface area contributed by atoms with Crippen LogP contribution in [-0.4, -0.2) is 30.4 Å².